The molecule has 75 valence electrons. The van der Waals surface area contributed by atoms with E-state index in [-0.39, 0.29) is 11.2 Å². The van der Waals surface area contributed by atoms with Crippen LogP contribution < -0.4 is 0 Å². The van der Waals surface area contributed by atoms with Gasteiger partial charge in [-0.05, 0) is 56.3 Å². The van der Waals surface area contributed by atoms with E-state index in [1.54, 1.807) is 6.29 Å². The Bertz CT molecular complexity index is 257. The average molecular weight is 191 g/mol. The number of Topliss-reactive ketones (excluding diaryl/α,β-unsaturated/α-hetero) is 1. The zero-order chi connectivity index (χ0) is 9.76. The predicted octanol–water partition coefficient (Wildman–Crippen LogP) is 1.88. The molecule has 4 aliphatic rings. The minimum atomic E-state index is -0.253. The molecule has 0 N–H and O–H groups in total. The lowest BCUT2D eigenvalue weighted by Gasteiger charge is -2.55. The van der Waals surface area contributed by atoms with Crippen LogP contribution in [0.15, 0.2) is 0 Å². The van der Waals surface area contributed by atoms with Crippen molar-refractivity contribution in [3.63, 3.8) is 0 Å². The van der Waals surface area contributed by atoms with Crippen molar-refractivity contribution in [3.05, 3.63) is 0 Å². The molecule has 4 bridgehead atoms. The van der Waals surface area contributed by atoms with Crippen LogP contribution in [0.25, 0.3) is 0 Å². The van der Waals surface area contributed by atoms with Gasteiger partial charge in [0.25, 0.3) is 6.29 Å². The molecule has 14 heavy (non-hydrogen) atoms. The highest BCUT2D eigenvalue weighted by Gasteiger charge is 2.54. The first kappa shape index (κ1) is 8.63. The average Bonchev–Trinajstić information content (AvgIpc) is 2.14. The summed E-state index contributed by atoms with van der Waals surface area (Å²) in [6, 6.07) is 0. The van der Waals surface area contributed by atoms with E-state index in [2.05, 4.69) is 0 Å². The monoisotopic (exact) mass is 191 g/mol. The summed E-state index contributed by atoms with van der Waals surface area (Å²) in [5.74, 6) is 1.98. The Morgan fingerprint density at radius 3 is 1.79 bits per heavy atom. The normalized spacial score (nSPS) is 49.3. The van der Waals surface area contributed by atoms with E-state index in [0.717, 1.165) is 37.0 Å². The summed E-state index contributed by atoms with van der Waals surface area (Å²) in [7, 11) is 0. The summed E-state index contributed by atoms with van der Waals surface area (Å²) in [6.45, 7) is 0. The smallest absolute Gasteiger partial charge is 0.272 e. The summed E-state index contributed by atoms with van der Waals surface area (Å²) in [5, 5.41) is 0. The van der Waals surface area contributed by atoms with Crippen LogP contribution in [0, 0.1) is 23.2 Å². The first-order chi connectivity index (χ1) is 6.72. The van der Waals surface area contributed by atoms with Crippen molar-refractivity contribution in [1.82, 2.24) is 0 Å². The van der Waals surface area contributed by atoms with Crippen LogP contribution in [-0.2, 0) is 9.59 Å². The molecule has 0 spiro atoms. The quantitative estimate of drug-likeness (QED) is 0.624. The lowest BCUT2D eigenvalue weighted by atomic mass is 9.48. The maximum atomic E-state index is 11.6. The van der Waals surface area contributed by atoms with Crippen molar-refractivity contribution in [2.24, 2.45) is 23.2 Å². The molecule has 0 aromatic rings. The van der Waals surface area contributed by atoms with Crippen molar-refractivity contribution in [1.29, 1.82) is 0 Å². The Labute approximate surface area is 84.1 Å². The number of ketones is 1. The van der Waals surface area contributed by atoms with E-state index in [4.69, 9.17) is 0 Å². The molecule has 0 aromatic heterocycles. The van der Waals surface area contributed by atoms with Crippen LogP contribution in [0.5, 0.6) is 0 Å². The van der Waals surface area contributed by atoms with E-state index < -0.39 is 0 Å². The molecule has 0 saturated heterocycles. The molecule has 4 fully saturated rings. The van der Waals surface area contributed by atoms with Gasteiger partial charge in [0.1, 0.15) is 0 Å². The first-order valence-corrected chi connectivity index (χ1v) is 5.64. The highest BCUT2D eigenvalue weighted by atomic mass is 16.2. The van der Waals surface area contributed by atoms with Gasteiger partial charge in [-0.3, -0.25) is 9.59 Å². The van der Waals surface area contributed by atoms with Crippen LogP contribution in [0.2, 0.25) is 0 Å². The Morgan fingerprint density at radius 2 is 1.43 bits per heavy atom. The Kier molecular flexibility index (Phi) is 1.65. The Hall–Kier alpha value is -0.660. The Morgan fingerprint density at radius 1 is 1.00 bits per heavy atom. The zero-order valence-electron chi connectivity index (χ0n) is 8.29. The maximum absolute atomic E-state index is 11.6. The fraction of sp³-hybridized carbons (Fsp3) is 0.833. The largest absolute Gasteiger partial charge is 0.290 e. The number of rotatable bonds is 2. The number of hydrogen-bond acceptors (Lipinski definition) is 2. The van der Waals surface area contributed by atoms with Gasteiger partial charge < -0.3 is 0 Å². The van der Waals surface area contributed by atoms with Crippen LogP contribution in [0.3, 0.4) is 0 Å². The van der Waals surface area contributed by atoms with Gasteiger partial charge in [-0.25, -0.2) is 0 Å². The van der Waals surface area contributed by atoms with Crippen molar-refractivity contribution in [3.8, 4) is 0 Å². The molecule has 2 heteroatoms. The first-order valence-electron chi connectivity index (χ1n) is 5.64. The molecular weight excluding hydrogens is 176 g/mol. The maximum Gasteiger partial charge on any atom is 0.272 e. The molecule has 1 radical (unpaired) electrons. The van der Waals surface area contributed by atoms with Gasteiger partial charge in [-0.15, -0.1) is 0 Å². The van der Waals surface area contributed by atoms with Crippen LogP contribution in [0.1, 0.15) is 38.5 Å². The highest BCUT2D eigenvalue weighted by molar-refractivity contribution is 6.28. The molecule has 0 aliphatic heterocycles. The lowest BCUT2D eigenvalue weighted by molar-refractivity contribution is -0.136. The molecular formula is C12H15O2. The summed E-state index contributed by atoms with van der Waals surface area (Å²) < 4.78 is 0. The van der Waals surface area contributed by atoms with E-state index in [9.17, 15) is 9.59 Å². The van der Waals surface area contributed by atoms with Crippen LogP contribution in [0.4, 0.5) is 0 Å². The lowest BCUT2D eigenvalue weighted by Crippen LogP contribution is -2.50. The SMILES string of the molecule is O=[C]C(=O)C12CC3CC(CC(C3)C1)C2. The molecule has 0 heterocycles. The fourth-order valence-corrected chi connectivity index (χ4v) is 4.50. The summed E-state index contributed by atoms with van der Waals surface area (Å²) in [4.78, 5) is 22.2. The number of carbonyl (C=O) groups is 1. The third kappa shape index (κ3) is 1.03. The molecule has 4 saturated carbocycles. The van der Waals surface area contributed by atoms with Gasteiger partial charge in [-0.2, -0.15) is 0 Å². The van der Waals surface area contributed by atoms with Gasteiger partial charge >= 0.3 is 0 Å². The number of carbonyl (C=O) groups excluding carboxylic acids is 2. The molecule has 0 aromatic carbocycles. The van der Waals surface area contributed by atoms with Gasteiger partial charge in [0.05, 0.1) is 0 Å². The third-order valence-corrected chi connectivity index (χ3v) is 4.61. The second-order valence-corrected chi connectivity index (χ2v) is 5.63. The molecule has 0 amide bonds. The minimum Gasteiger partial charge on any atom is -0.290 e. The van der Waals surface area contributed by atoms with Gasteiger partial charge in [0.15, 0.2) is 0 Å². The van der Waals surface area contributed by atoms with Crippen molar-refractivity contribution in [2.45, 2.75) is 38.5 Å². The highest BCUT2D eigenvalue weighted by Crippen LogP contribution is 2.60. The molecule has 4 aliphatic carbocycles. The molecule has 2 nitrogen and oxygen atoms in total. The Balaban J connectivity index is 1.94. The van der Waals surface area contributed by atoms with Crippen LogP contribution >= 0.6 is 0 Å². The second kappa shape index (κ2) is 2.68. The molecule has 4 rings (SSSR count). The standard InChI is InChI=1S/C12H15O2/c13-7-11(14)12-4-8-1-9(5-12)3-10(2-8)6-12/h8-10H,1-6H2. The van der Waals surface area contributed by atoms with Crippen molar-refractivity contribution >= 4 is 12.1 Å². The topological polar surface area (TPSA) is 34.1 Å². The summed E-state index contributed by atoms with van der Waals surface area (Å²) >= 11 is 0. The zero-order valence-corrected chi connectivity index (χ0v) is 8.29. The molecule has 0 atom stereocenters. The van der Waals surface area contributed by atoms with Gasteiger partial charge in [0, 0.05) is 5.41 Å². The second-order valence-electron chi connectivity index (χ2n) is 5.63. The molecule has 0 unspecified atom stereocenters. The summed E-state index contributed by atoms with van der Waals surface area (Å²) in [6.07, 6.45) is 8.50. The van der Waals surface area contributed by atoms with Gasteiger partial charge in [-0.1, -0.05) is 0 Å². The number of hydrogen-bond donors (Lipinski definition) is 0. The fourth-order valence-electron chi connectivity index (χ4n) is 4.50. The van der Waals surface area contributed by atoms with E-state index in [1.807, 2.05) is 0 Å². The van der Waals surface area contributed by atoms with E-state index in [0.29, 0.717) is 0 Å². The van der Waals surface area contributed by atoms with E-state index in [1.165, 1.54) is 19.3 Å². The summed E-state index contributed by atoms with van der Waals surface area (Å²) in [5.41, 5.74) is -0.253. The van der Waals surface area contributed by atoms with Crippen molar-refractivity contribution < 1.29 is 9.59 Å². The minimum absolute atomic E-state index is 0.225. The predicted molar refractivity (Wildman–Crippen MR) is 51.3 cm³/mol. The third-order valence-electron chi connectivity index (χ3n) is 4.61. The van der Waals surface area contributed by atoms with Crippen LogP contribution in [-0.4, -0.2) is 12.1 Å². The van der Waals surface area contributed by atoms with Gasteiger partial charge in [0.2, 0.25) is 5.78 Å². The van der Waals surface area contributed by atoms with E-state index >= 15 is 0 Å². The van der Waals surface area contributed by atoms with Crippen molar-refractivity contribution in [2.75, 3.05) is 0 Å².